The van der Waals surface area contributed by atoms with E-state index >= 15 is 0 Å². The standard InChI is InChI=1S/C24H28FNO2/c1-16-5-4-7-21-19(16)10-9-18(15-23(21)27)24(28)26-13-11-17(12-14-26)20-6-2-3-8-22(20)25/h2-8,17-18,23,27H,9-15H2,1H3. The van der Waals surface area contributed by atoms with Crippen LogP contribution in [0.15, 0.2) is 42.5 Å². The van der Waals surface area contributed by atoms with Crippen molar-refractivity contribution < 1.29 is 14.3 Å². The van der Waals surface area contributed by atoms with E-state index in [0.717, 1.165) is 36.8 Å². The van der Waals surface area contributed by atoms with E-state index in [1.54, 1.807) is 6.07 Å². The molecular formula is C24H28FNO2. The monoisotopic (exact) mass is 381 g/mol. The minimum absolute atomic E-state index is 0.146. The van der Waals surface area contributed by atoms with Gasteiger partial charge in [0.15, 0.2) is 0 Å². The van der Waals surface area contributed by atoms with E-state index in [4.69, 9.17) is 0 Å². The van der Waals surface area contributed by atoms with Gasteiger partial charge in [0.25, 0.3) is 0 Å². The Morgan fingerprint density at radius 2 is 1.75 bits per heavy atom. The number of fused-ring (bicyclic) bond motifs is 1. The van der Waals surface area contributed by atoms with Crippen molar-refractivity contribution in [3.63, 3.8) is 0 Å². The Bertz CT molecular complexity index is 857. The van der Waals surface area contributed by atoms with E-state index < -0.39 is 6.10 Å². The summed E-state index contributed by atoms with van der Waals surface area (Å²) in [6, 6.07) is 13.0. The number of aryl methyl sites for hydroxylation is 1. The molecule has 1 saturated heterocycles. The zero-order chi connectivity index (χ0) is 19.7. The summed E-state index contributed by atoms with van der Waals surface area (Å²) in [4.78, 5) is 15.1. The SMILES string of the molecule is Cc1cccc2c1CCC(C(=O)N1CCC(c3ccccc3F)CC1)CC2O. The van der Waals surface area contributed by atoms with Crippen LogP contribution in [0.4, 0.5) is 4.39 Å². The number of benzene rings is 2. The Hall–Kier alpha value is -2.20. The Labute approximate surface area is 166 Å². The molecule has 2 unspecified atom stereocenters. The lowest BCUT2D eigenvalue weighted by Crippen LogP contribution is -2.41. The topological polar surface area (TPSA) is 40.5 Å². The molecule has 0 spiro atoms. The van der Waals surface area contributed by atoms with E-state index in [1.165, 1.54) is 17.2 Å². The third kappa shape index (κ3) is 3.70. The van der Waals surface area contributed by atoms with Gasteiger partial charge in [-0.2, -0.15) is 0 Å². The molecule has 0 bridgehead atoms. The van der Waals surface area contributed by atoms with Crippen LogP contribution in [0.2, 0.25) is 0 Å². The molecule has 2 aromatic rings. The van der Waals surface area contributed by atoms with E-state index in [2.05, 4.69) is 13.0 Å². The summed E-state index contributed by atoms with van der Waals surface area (Å²) in [5.41, 5.74) is 4.14. The predicted octanol–water partition coefficient (Wildman–Crippen LogP) is 4.53. The van der Waals surface area contributed by atoms with Crippen molar-refractivity contribution >= 4 is 5.91 Å². The number of carbonyl (C=O) groups is 1. The fourth-order valence-corrected chi connectivity index (χ4v) is 4.91. The molecule has 1 aliphatic carbocycles. The van der Waals surface area contributed by atoms with Crippen molar-refractivity contribution in [2.45, 2.75) is 51.0 Å². The molecule has 1 heterocycles. The molecule has 2 aromatic carbocycles. The van der Waals surface area contributed by atoms with Crippen molar-refractivity contribution in [3.8, 4) is 0 Å². The van der Waals surface area contributed by atoms with E-state index in [0.29, 0.717) is 19.5 Å². The van der Waals surface area contributed by atoms with Crippen LogP contribution in [-0.2, 0) is 11.2 Å². The number of likely N-dealkylation sites (tertiary alicyclic amines) is 1. The minimum Gasteiger partial charge on any atom is -0.388 e. The first kappa shape index (κ1) is 19.1. The Morgan fingerprint density at radius 3 is 2.50 bits per heavy atom. The van der Waals surface area contributed by atoms with Gasteiger partial charge in [-0.3, -0.25) is 4.79 Å². The van der Waals surface area contributed by atoms with Gasteiger partial charge < -0.3 is 10.0 Å². The molecule has 1 amide bonds. The lowest BCUT2D eigenvalue weighted by atomic mass is 9.88. The normalized spacial score (nSPS) is 23.2. The number of rotatable bonds is 2. The molecule has 28 heavy (non-hydrogen) atoms. The average Bonchev–Trinajstić information content (AvgIpc) is 2.88. The molecule has 0 aromatic heterocycles. The molecule has 4 rings (SSSR count). The van der Waals surface area contributed by atoms with Gasteiger partial charge in [-0.1, -0.05) is 36.4 Å². The van der Waals surface area contributed by atoms with Crippen LogP contribution in [0.25, 0.3) is 0 Å². The zero-order valence-corrected chi connectivity index (χ0v) is 16.4. The quantitative estimate of drug-likeness (QED) is 0.777. The molecule has 148 valence electrons. The summed E-state index contributed by atoms with van der Waals surface area (Å²) >= 11 is 0. The number of aliphatic hydroxyl groups is 1. The molecule has 1 fully saturated rings. The molecule has 0 saturated carbocycles. The molecule has 2 aliphatic rings. The van der Waals surface area contributed by atoms with Crippen LogP contribution < -0.4 is 0 Å². The lowest BCUT2D eigenvalue weighted by molar-refractivity contribution is -0.137. The molecule has 1 N–H and O–H groups in total. The third-order valence-electron chi connectivity index (χ3n) is 6.56. The average molecular weight is 381 g/mol. The fourth-order valence-electron chi connectivity index (χ4n) is 4.91. The highest BCUT2D eigenvalue weighted by Crippen LogP contribution is 2.36. The summed E-state index contributed by atoms with van der Waals surface area (Å²) in [5, 5.41) is 10.7. The number of carbonyl (C=O) groups excluding carboxylic acids is 1. The van der Waals surface area contributed by atoms with E-state index in [9.17, 15) is 14.3 Å². The van der Waals surface area contributed by atoms with E-state index in [-0.39, 0.29) is 23.6 Å². The number of nitrogens with zero attached hydrogens (tertiary/aromatic N) is 1. The molecule has 3 nitrogen and oxygen atoms in total. The molecule has 4 heteroatoms. The smallest absolute Gasteiger partial charge is 0.225 e. The van der Waals surface area contributed by atoms with Gasteiger partial charge >= 0.3 is 0 Å². The summed E-state index contributed by atoms with van der Waals surface area (Å²) in [6.45, 7) is 3.40. The van der Waals surface area contributed by atoms with Crippen LogP contribution in [-0.4, -0.2) is 29.0 Å². The van der Waals surface area contributed by atoms with Crippen molar-refractivity contribution in [3.05, 3.63) is 70.5 Å². The van der Waals surface area contributed by atoms with Crippen molar-refractivity contribution in [1.29, 1.82) is 0 Å². The summed E-state index contributed by atoms with van der Waals surface area (Å²) in [7, 11) is 0. The number of amides is 1. The summed E-state index contributed by atoms with van der Waals surface area (Å²) in [5.74, 6) is 0.0347. The van der Waals surface area contributed by atoms with Crippen molar-refractivity contribution in [2.75, 3.05) is 13.1 Å². The van der Waals surface area contributed by atoms with Gasteiger partial charge in [0.2, 0.25) is 5.91 Å². The number of halogens is 1. The van der Waals surface area contributed by atoms with Crippen LogP contribution in [0.5, 0.6) is 0 Å². The third-order valence-corrected chi connectivity index (χ3v) is 6.56. The van der Waals surface area contributed by atoms with Gasteiger partial charge in [0.05, 0.1) is 6.10 Å². The second kappa shape index (κ2) is 8.04. The first-order valence-corrected chi connectivity index (χ1v) is 10.3. The highest BCUT2D eigenvalue weighted by atomic mass is 19.1. The molecule has 1 aliphatic heterocycles. The Morgan fingerprint density at radius 1 is 1.04 bits per heavy atom. The van der Waals surface area contributed by atoms with Crippen LogP contribution in [0.1, 0.15) is 60.0 Å². The maximum absolute atomic E-state index is 14.1. The largest absolute Gasteiger partial charge is 0.388 e. The van der Waals surface area contributed by atoms with Gasteiger partial charge in [-0.25, -0.2) is 4.39 Å². The number of hydrogen-bond acceptors (Lipinski definition) is 2. The Kier molecular flexibility index (Phi) is 5.49. The number of hydrogen-bond donors (Lipinski definition) is 1. The Balaban J connectivity index is 1.41. The van der Waals surface area contributed by atoms with Crippen molar-refractivity contribution in [1.82, 2.24) is 4.90 Å². The first-order chi connectivity index (χ1) is 13.5. The molecule has 0 radical (unpaired) electrons. The summed E-state index contributed by atoms with van der Waals surface area (Å²) in [6.07, 6.45) is 3.11. The molecular weight excluding hydrogens is 353 g/mol. The fraction of sp³-hybridized carbons (Fsp3) is 0.458. The van der Waals surface area contributed by atoms with Gasteiger partial charge in [-0.15, -0.1) is 0 Å². The van der Waals surface area contributed by atoms with Gasteiger partial charge in [0.1, 0.15) is 5.82 Å². The highest BCUT2D eigenvalue weighted by Gasteiger charge is 2.33. The minimum atomic E-state index is -0.581. The van der Waals surface area contributed by atoms with E-state index in [1.807, 2.05) is 29.2 Å². The number of piperidine rings is 1. The van der Waals surface area contributed by atoms with Gasteiger partial charge in [0, 0.05) is 19.0 Å². The predicted molar refractivity (Wildman–Crippen MR) is 108 cm³/mol. The van der Waals surface area contributed by atoms with Gasteiger partial charge in [-0.05, 0) is 73.3 Å². The molecule has 2 atom stereocenters. The first-order valence-electron chi connectivity index (χ1n) is 10.3. The second-order valence-electron chi connectivity index (χ2n) is 8.25. The zero-order valence-electron chi connectivity index (χ0n) is 16.4. The maximum Gasteiger partial charge on any atom is 0.225 e. The highest BCUT2D eigenvalue weighted by molar-refractivity contribution is 5.79. The number of aliphatic hydroxyl groups excluding tert-OH is 1. The summed E-state index contributed by atoms with van der Waals surface area (Å²) < 4.78 is 14.1. The second-order valence-corrected chi connectivity index (χ2v) is 8.25. The maximum atomic E-state index is 14.1. The van der Waals surface area contributed by atoms with Crippen molar-refractivity contribution in [2.24, 2.45) is 5.92 Å². The van der Waals surface area contributed by atoms with Crippen LogP contribution in [0, 0.1) is 18.7 Å². The van der Waals surface area contributed by atoms with Crippen LogP contribution >= 0.6 is 0 Å². The lowest BCUT2D eigenvalue weighted by Gasteiger charge is -2.34. The van der Waals surface area contributed by atoms with Crippen LogP contribution in [0.3, 0.4) is 0 Å².